The molecule has 2 rings (SSSR count). The minimum absolute atomic E-state index is 0.0126. The molecule has 1 aromatic carbocycles. The number of hydrogen-bond acceptors (Lipinski definition) is 4. The summed E-state index contributed by atoms with van der Waals surface area (Å²) in [6.07, 6.45) is 2.52. The summed E-state index contributed by atoms with van der Waals surface area (Å²) in [5.74, 6) is 0.371. The van der Waals surface area contributed by atoms with Gasteiger partial charge in [0.15, 0.2) is 5.78 Å². The van der Waals surface area contributed by atoms with Crippen molar-refractivity contribution in [1.82, 2.24) is 10.3 Å². The molecule has 0 radical (unpaired) electrons. The van der Waals surface area contributed by atoms with Gasteiger partial charge >= 0.3 is 0 Å². The van der Waals surface area contributed by atoms with Crippen LogP contribution in [0.15, 0.2) is 42.6 Å². The Balaban J connectivity index is 2.06. The Morgan fingerprint density at radius 3 is 2.58 bits per heavy atom. The lowest BCUT2D eigenvalue weighted by molar-refractivity contribution is 0.0946. The van der Waals surface area contributed by atoms with Gasteiger partial charge in [-0.3, -0.25) is 14.6 Å². The number of ketones is 1. The highest BCUT2D eigenvalue weighted by Gasteiger charge is 2.08. The summed E-state index contributed by atoms with van der Waals surface area (Å²) in [7, 11) is 0. The first-order valence-corrected chi connectivity index (χ1v) is 8.08. The second kappa shape index (κ2) is 8.24. The van der Waals surface area contributed by atoms with E-state index in [0.29, 0.717) is 23.7 Å². The van der Waals surface area contributed by atoms with Crippen molar-refractivity contribution in [3.63, 3.8) is 0 Å². The first-order valence-electron chi connectivity index (χ1n) is 8.08. The van der Waals surface area contributed by atoms with E-state index in [1.165, 1.54) is 6.92 Å². The maximum absolute atomic E-state index is 12.1. The number of anilines is 2. The number of hydrogen-bond donors (Lipinski definition) is 2. The zero-order chi connectivity index (χ0) is 17.5. The summed E-state index contributed by atoms with van der Waals surface area (Å²) in [5.41, 5.74) is 2.55. The standard InChI is InChI=1S/C19H23N3O2/c1-13(2)7-9-21-19(24)18-12-17(8-10-20-18)22-16-6-4-5-15(11-16)14(3)23/h4-6,8,10-13H,7,9H2,1-3H3,(H,20,22)(H,21,24). The van der Waals surface area contributed by atoms with Gasteiger partial charge in [-0.1, -0.05) is 26.0 Å². The van der Waals surface area contributed by atoms with Gasteiger partial charge < -0.3 is 10.6 Å². The minimum Gasteiger partial charge on any atom is -0.355 e. The van der Waals surface area contributed by atoms with E-state index in [1.807, 2.05) is 12.1 Å². The second-order valence-corrected chi connectivity index (χ2v) is 6.13. The van der Waals surface area contributed by atoms with Crippen LogP contribution in [0.1, 0.15) is 48.0 Å². The lowest BCUT2D eigenvalue weighted by Crippen LogP contribution is -2.26. The molecule has 0 bridgehead atoms. The predicted molar refractivity (Wildman–Crippen MR) is 95.8 cm³/mol. The molecule has 5 heteroatoms. The molecule has 0 saturated carbocycles. The summed E-state index contributed by atoms with van der Waals surface area (Å²) in [6, 6.07) is 10.7. The van der Waals surface area contributed by atoms with E-state index in [4.69, 9.17) is 0 Å². The summed E-state index contributed by atoms with van der Waals surface area (Å²) < 4.78 is 0. The van der Waals surface area contributed by atoms with Crippen molar-refractivity contribution in [3.8, 4) is 0 Å². The third-order valence-electron chi connectivity index (χ3n) is 3.56. The fraction of sp³-hybridized carbons (Fsp3) is 0.316. The molecule has 0 aliphatic rings. The lowest BCUT2D eigenvalue weighted by atomic mass is 10.1. The quantitative estimate of drug-likeness (QED) is 0.760. The van der Waals surface area contributed by atoms with Crippen molar-refractivity contribution in [2.45, 2.75) is 27.2 Å². The Morgan fingerprint density at radius 2 is 1.88 bits per heavy atom. The van der Waals surface area contributed by atoms with Gasteiger partial charge in [-0.15, -0.1) is 0 Å². The van der Waals surface area contributed by atoms with Crippen LogP contribution in [0.25, 0.3) is 0 Å². The SMILES string of the molecule is CC(=O)c1cccc(Nc2ccnc(C(=O)NCCC(C)C)c2)c1. The number of Topliss-reactive ketones (excluding diaryl/α,β-unsaturated/α-hetero) is 1. The van der Waals surface area contributed by atoms with Crippen LogP contribution in [-0.4, -0.2) is 23.2 Å². The molecule has 1 aromatic heterocycles. The average Bonchev–Trinajstić information content (AvgIpc) is 2.55. The van der Waals surface area contributed by atoms with Crippen molar-refractivity contribution < 1.29 is 9.59 Å². The average molecular weight is 325 g/mol. The first-order chi connectivity index (χ1) is 11.5. The third kappa shape index (κ3) is 5.19. The second-order valence-electron chi connectivity index (χ2n) is 6.13. The highest BCUT2D eigenvalue weighted by atomic mass is 16.1. The van der Waals surface area contributed by atoms with Gasteiger partial charge in [0.25, 0.3) is 5.91 Å². The molecule has 0 spiro atoms. The number of carbonyl (C=O) groups is 2. The molecule has 0 atom stereocenters. The number of carbonyl (C=O) groups excluding carboxylic acids is 2. The molecular formula is C19H23N3O2. The van der Waals surface area contributed by atoms with E-state index in [9.17, 15) is 9.59 Å². The van der Waals surface area contributed by atoms with E-state index in [1.54, 1.807) is 30.5 Å². The van der Waals surface area contributed by atoms with Crippen molar-refractivity contribution in [1.29, 1.82) is 0 Å². The summed E-state index contributed by atoms with van der Waals surface area (Å²) in [5, 5.41) is 6.07. The number of rotatable bonds is 7. The van der Waals surface area contributed by atoms with Gasteiger partial charge in [0, 0.05) is 29.7 Å². The van der Waals surface area contributed by atoms with E-state index in [2.05, 4.69) is 29.5 Å². The Morgan fingerprint density at radius 1 is 1.12 bits per heavy atom. The number of nitrogens with zero attached hydrogens (tertiary/aromatic N) is 1. The zero-order valence-electron chi connectivity index (χ0n) is 14.3. The van der Waals surface area contributed by atoms with Gasteiger partial charge in [0.05, 0.1) is 0 Å². The van der Waals surface area contributed by atoms with Crippen LogP contribution in [0.3, 0.4) is 0 Å². The van der Waals surface area contributed by atoms with E-state index < -0.39 is 0 Å². The highest BCUT2D eigenvalue weighted by Crippen LogP contribution is 2.18. The fourth-order valence-electron chi connectivity index (χ4n) is 2.18. The van der Waals surface area contributed by atoms with Crippen LogP contribution >= 0.6 is 0 Å². The Hall–Kier alpha value is -2.69. The molecule has 2 N–H and O–H groups in total. The van der Waals surface area contributed by atoms with E-state index >= 15 is 0 Å². The van der Waals surface area contributed by atoms with Crippen molar-refractivity contribution in [3.05, 3.63) is 53.9 Å². The maximum Gasteiger partial charge on any atom is 0.269 e. The predicted octanol–water partition coefficient (Wildman–Crippen LogP) is 3.80. The molecule has 1 heterocycles. The molecule has 0 saturated heterocycles. The Kier molecular flexibility index (Phi) is 6.07. The largest absolute Gasteiger partial charge is 0.355 e. The maximum atomic E-state index is 12.1. The molecule has 0 aliphatic heterocycles. The smallest absolute Gasteiger partial charge is 0.269 e. The van der Waals surface area contributed by atoms with Crippen LogP contribution in [-0.2, 0) is 0 Å². The Labute approximate surface area is 142 Å². The van der Waals surface area contributed by atoms with Crippen LogP contribution in [0.2, 0.25) is 0 Å². The van der Waals surface area contributed by atoms with Gasteiger partial charge in [-0.2, -0.15) is 0 Å². The monoisotopic (exact) mass is 325 g/mol. The van der Waals surface area contributed by atoms with Crippen LogP contribution in [0.5, 0.6) is 0 Å². The van der Waals surface area contributed by atoms with Gasteiger partial charge in [0.1, 0.15) is 5.69 Å². The molecular weight excluding hydrogens is 302 g/mol. The molecule has 24 heavy (non-hydrogen) atoms. The van der Waals surface area contributed by atoms with Crippen molar-refractivity contribution in [2.75, 3.05) is 11.9 Å². The number of amides is 1. The van der Waals surface area contributed by atoms with Crippen molar-refractivity contribution >= 4 is 23.1 Å². The first kappa shape index (κ1) is 17.7. The number of nitrogens with one attached hydrogen (secondary N) is 2. The van der Waals surface area contributed by atoms with E-state index in [-0.39, 0.29) is 11.7 Å². The molecule has 0 unspecified atom stereocenters. The number of aromatic nitrogens is 1. The Bertz CT molecular complexity index is 726. The molecule has 126 valence electrons. The van der Waals surface area contributed by atoms with Crippen molar-refractivity contribution in [2.24, 2.45) is 5.92 Å². The van der Waals surface area contributed by atoms with Gasteiger partial charge in [-0.25, -0.2) is 0 Å². The molecule has 5 nitrogen and oxygen atoms in total. The summed E-state index contributed by atoms with van der Waals surface area (Å²) >= 11 is 0. The summed E-state index contributed by atoms with van der Waals surface area (Å²) in [4.78, 5) is 27.7. The molecule has 1 amide bonds. The molecule has 2 aromatic rings. The fourth-order valence-corrected chi connectivity index (χ4v) is 2.18. The van der Waals surface area contributed by atoms with Gasteiger partial charge in [-0.05, 0) is 43.5 Å². The normalized spacial score (nSPS) is 10.5. The van der Waals surface area contributed by atoms with E-state index in [0.717, 1.165) is 17.8 Å². The zero-order valence-corrected chi connectivity index (χ0v) is 14.3. The number of pyridine rings is 1. The lowest BCUT2D eigenvalue weighted by Gasteiger charge is -2.10. The summed E-state index contributed by atoms with van der Waals surface area (Å²) in [6.45, 7) is 6.40. The van der Waals surface area contributed by atoms with Crippen LogP contribution in [0.4, 0.5) is 11.4 Å². The van der Waals surface area contributed by atoms with Gasteiger partial charge in [0.2, 0.25) is 0 Å². The molecule has 0 fully saturated rings. The van der Waals surface area contributed by atoms with Crippen LogP contribution < -0.4 is 10.6 Å². The minimum atomic E-state index is -0.184. The van der Waals surface area contributed by atoms with Crippen LogP contribution in [0, 0.1) is 5.92 Å². The highest BCUT2D eigenvalue weighted by molar-refractivity contribution is 5.95. The third-order valence-corrected chi connectivity index (χ3v) is 3.56. The molecule has 0 aliphatic carbocycles. The number of benzene rings is 1. The topological polar surface area (TPSA) is 71.1 Å².